The van der Waals surface area contributed by atoms with Gasteiger partial charge in [0.15, 0.2) is 0 Å². The third-order valence-corrected chi connectivity index (χ3v) is 6.93. The van der Waals surface area contributed by atoms with Crippen LogP contribution in [-0.4, -0.2) is 9.97 Å². The van der Waals surface area contributed by atoms with Crippen LogP contribution in [0.5, 0.6) is 0 Å². The van der Waals surface area contributed by atoms with Crippen LogP contribution in [0.25, 0.3) is 76.6 Å². The second kappa shape index (κ2) is 5.68. The first-order valence-corrected chi connectivity index (χ1v) is 10.9. The second-order valence-electron chi connectivity index (χ2n) is 8.59. The summed E-state index contributed by atoms with van der Waals surface area (Å²) >= 11 is 0. The van der Waals surface area contributed by atoms with Crippen LogP contribution in [0.1, 0.15) is 0 Å². The molecule has 1 aromatic heterocycles. The fourth-order valence-corrected chi connectivity index (χ4v) is 5.59. The van der Waals surface area contributed by atoms with Crippen LogP contribution in [0, 0.1) is 0 Å². The smallest absolute Gasteiger partial charge is 0.0986 e. The summed E-state index contributed by atoms with van der Waals surface area (Å²) in [5, 5.41) is 9.76. The summed E-state index contributed by atoms with van der Waals surface area (Å²) in [5.74, 6) is 0. The number of benzene rings is 6. The van der Waals surface area contributed by atoms with Crippen molar-refractivity contribution < 1.29 is 0 Å². The molecule has 0 unspecified atom stereocenters. The lowest BCUT2D eigenvalue weighted by molar-refractivity contribution is 1.34. The maximum Gasteiger partial charge on any atom is 0.0986 e. The van der Waals surface area contributed by atoms with Crippen molar-refractivity contribution in [3.8, 4) is 22.5 Å². The maximum absolute atomic E-state index is 5.36. The number of hydrogen-bond donors (Lipinski definition) is 0. The van der Waals surface area contributed by atoms with Crippen LogP contribution < -0.4 is 0 Å². The van der Waals surface area contributed by atoms with Crippen molar-refractivity contribution in [2.75, 3.05) is 0 Å². The van der Waals surface area contributed by atoms with Gasteiger partial charge in [-0.3, -0.25) is 0 Å². The molecule has 8 rings (SSSR count). The molecule has 2 heteroatoms. The summed E-state index contributed by atoms with van der Waals surface area (Å²) in [6.45, 7) is 0. The van der Waals surface area contributed by atoms with Crippen LogP contribution in [0.2, 0.25) is 0 Å². The average Bonchev–Trinajstić information content (AvgIpc) is 3.19. The average molecular weight is 404 g/mol. The molecule has 0 fully saturated rings. The maximum atomic E-state index is 5.36. The third kappa shape index (κ3) is 1.91. The van der Waals surface area contributed by atoms with Gasteiger partial charge in [0.05, 0.1) is 22.4 Å². The summed E-state index contributed by atoms with van der Waals surface area (Å²) in [7, 11) is 0. The number of fused-ring (bicyclic) bond motifs is 11. The van der Waals surface area contributed by atoms with Gasteiger partial charge < -0.3 is 0 Å². The molecule has 0 saturated heterocycles. The van der Waals surface area contributed by atoms with E-state index in [2.05, 4.69) is 97.1 Å². The normalized spacial score (nSPS) is 12.4. The van der Waals surface area contributed by atoms with Crippen molar-refractivity contribution >= 4 is 54.1 Å². The SMILES string of the molecule is c1ccc2c3c4c(cccc4cc2c1)-c1nc2c4ccccc4c4ccccc4c2nc1-3. The van der Waals surface area contributed by atoms with E-state index < -0.39 is 0 Å². The largest absolute Gasteiger partial charge is 0.243 e. The Balaban J connectivity index is 1.65. The van der Waals surface area contributed by atoms with Crippen LogP contribution in [0.3, 0.4) is 0 Å². The van der Waals surface area contributed by atoms with Gasteiger partial charge in [-0.1, -0.05) is 91.0 Å². The highest BCUT2D eigenvalue weighted by Crippen LogP contribution is 2.50. The van der Waals surface area contributed by atoms with Crippen molar-refractivity contribution in [2.45, 2.75) is 0 Å². The molecule has 0 spiro atoms. The minimum absolute atomic E-state index is 0.979. The zero-order valence-electron chi connectivity index (χ0n) is 17.1. The van der Waals surface area contributed by atoms with Gasteiger partial charge in [0.2, 0.25) is 0 Å². The predicted molar refractivity (Wildman–Crippen MR) is 134 cm³/mol. The summed E-state index contributed by atoms with van der Waals surface area (Å²) in [4.78, 5) is 10.7. The lowest BCUT2D eigenvalue weighted by atomic mass is 9.97. The molecule has 32 heavy (non-hydrogen) atoms. The van der Waals surface area contributed by atoms with E-state index in [0.717, 1.165) is 33.2 Å². The van der Waals surface area contributed by atoms with Crippen molar-refractivity contribution in [1.29, 1.82) is 0 Å². The van der Waals surface area contributed by atoms with Gasteiger partial charge in [0.25, 0.3) is 0 Å². The van der Waals surface area contributed by atoms with Crippen LogP contribution in [-0.2, 0) is 0 Å². The zero-order valence-corrected chi connectivity index (χ0v) is 17.1. The molecule has 0 amide bonds. The fraction of sp³-hybridized carbons (Fsp3) is 0. The molecule has 7 aromatic rings. The molecule has 0 saturated carbocycles. The van der Waals surface area contributed by atoms with Crippen LogP contribution in [0.15, 0.2) is 97.1 Å². The first kappa shape index (κ1) is 16.4. The Morgan fingerprint density at radius 1 is 0.438 bits per heavy atom. The molecule has 0 radical (unpaired) electrons. The number of nitrogens with zero attached hydrogens (tertiary/aromatic N) is 2. The molecule has 0 aliphatic heterocycles. The number of hydrogen-bond acceptors (Lipinski definition) is 2. The van der Waals surface area contributed by atoms with Crippen LogP contribution in [0.4, 0.5) is 0 Å². The lowest BCUT2D eigenvalue weighted by Gasteiger charge is -2.11. The Kier molecular flexibility index (Phi) is 2.91. The summed E-state index contributed by atoms with van der Waals surface area (Å²) < 4.78 is 0. The summed E-state index contributed by atoms with van der Waals surface area (Å²) in [5.41, 5.74) is 6.36. The van der Waals surface area contributed by atoms with Gasteiger partial charge >= 0.3 is 0 Å². The Bertz CT molecular complexity index is 1930. The first-order valence-electron chi connectivity index (χ1n) is 10.9. The van der Waals surface area contributed by atoms with Gasteiger partial charge in [0.1, 0.15) is 0 Å². The van der Waals surface area contributed by atoms with E-state index in [1.54, 1.807) is 0 Å². The molecular formula is C30H16N2. The van der Waals surface area contributed by atoms with Gasteiger partial charge in [-0.2, -0.15) is 0 Å². The van der Waals surface area contributed by atoms with Gasteiger partial charge in [-0.15, -0.1) is 0 Å². The van der Waals surface area contributed by atoms with Crippen molar-refractivity contribution in [1.82, 2.24) is 9.97 Å². The van der Waals surface area contributed by atoms with Crippen LogP contribution >= 0.6 is 0 Å². The zero-order chi connectivity index (χ0) is 20.8. The molecule has 0 atom stereocenters. The van der Waals surface area contributed by atoms with Gasteiger partial charge in [-0.05, 0) is 33.0 Å². The first-order chi connectivity index (χ1) is 15.9. The molecule has 1 heterocycles. The number of rotatable bonds is 0. The molecule has 6 aromatic carbocycles. The van der Waals surface area contributed by atoms with E-state index in [9.17, 15) is 0 Å². The summed E-state index contributed by atoms with van der Waals surface area (Å²) in [6, 6.07) is 34.5. The Hall–Kier alpha value is -4.30. The second-order valence-corrected chi connectivity index (χ2v) is 8.59. The molecular weight excluding hydrogens is 388 g/mol. The van der Waals surface area contributed by atoms with Crippen molar-refractivity contribution in [2.24, 2.45) is 0 Å². The summed E-state index contributed by atoms with van der Waals surface area (Å²) in [6.07, 6.45) is 0. The topological polar surface area (TPSA) is 25.8 Å². The van der Waals surface area contributed by atoms with E-state index in [1.807, 2.05) is 0 Å². The van der Waals surface area contributed by atoms with Gasteiger partial charge in [0, 0.05) is 27.3 Å². The predicted octanol–water partition coefficient (Wildman–Crippen LogP) is 7.89. The standard InChI is InChI=1S/C30H16N2/c1-2-10-19-17(8-1)16-18-9-7-15-24-25(18)26(19)30-29(24)31-27-22-13-5-3-11-20(22)21-12-4-6-14-23(21)28(27)32-30/h1-16H. The molecule has 2 nitrogen and oxygen atoms in total. The fourth-order valence-electron chi connectivity index (χ4n) is 5.59. The van der Waals surface area contributed by atoms with E-state index in [-0.39, 0.29) is 0 Å². The van der Waals surface area contributed by atoms with E-state index >= 15 is 0 Å². The molecule has 0 N–H and O–H groups in total. The van der Waals surface area contributed by atoms with Gasteiger partial charge in [-0.25, -0.2) is 9.97 Å². The minimum atomic E-state index is 0.979. The Labute approximate surface area is 183 Å². The molecule has 146 valence electrons. The quantitative estimate of drug-likeness (QED) is 0.190. The molecule has 1 aliphatic carbocycles. The van der Waals surface area contributed by atoms with E-state index in [0.29, 0.717) is 0 Å². The third-order valence-electron chi connectivity index (χ3n) is 6.93. The highest BCUT2D eigenvalue weighted by Gasteiger charge is 2.27. The highest BCUT2D eigenvalue weighted by atomic mass is 14.8. The van der Waals surface area contributed by atoms with Crippen molar-refractivity contribution in [3.63, 3.8) is 0 Å². The Morgan fingerprint density at radius 3 is 1.72 bits per heavy atom. The number of aromatic nitrogens is 2. The monoisotopic (exact) mass is 404 g/mol. The minimum Gasteiger partial charge on any atom is -0.243 e. The van der Waals surface area contributed by atoms with E-state index in [4.69, 9.17) is 9.97 Å². The molecule has 1 aliphatic rings. The van der Waals surface area contributed by atoms with E-state index in [1.165, 1.54) is 43.4 Å². The Morgan fingerprint density at radius 2 is 1.00 bits per heavy atom. The van der Waals surface area contributed by atoms with Crippen molar-refractivity contribution in [3.05, 3.63) is 97.1 Å². The lowest BCUT2D eigenvalue weighted by Crippen LogP contribution is -1.94. The molecule has 0 bridgehead atoms. The highest BCUT2D eigenvalue weighted by molar-refractivity contribution is 6.27.